The molecule has 0 heterocycles. The Hall–Kier alpha value is -0.790. The maximum atomic E-state index is 10.3. The third-order valence-electron chi connectivity index (χ3n) is 1.51. The Kier molecular flexibility index (Phi) is 3.77. The molecule has 0 radical (unpaired) electrons. The lowest BCUT2D eigenvalue weighted by Gasteiger charge is -1.82. The summed E-state index contributed by atoms with van der Waals surface area (Å²) in [6.07, 6.45) is 2.70. The van der Waals surface area contributed by atoms with Crippen molar-refractivity contribution in [3.63, 3.8) is 0 Å². The van der Waals surface area contributed by atoms with E-state index in [-0.39, 0.29) is 11.8 Å². The Morgan fingerprint density at radius 1 is 1.70 bits per heavy atom. The highest BCUT2D eigenvalue weighted by Gasteiger charge is 2.38. The highest BCUT2D eigenvalue weighted by atomic mass is 16.1. The lowest BCUT2D eigenvalue weighted by Crippen LogP contribution is -2.13. The summed E-state index contributed by atoms with van der Waals surface area (Å²) in [5.41, 5.74) is 4.98. The molecule has 1 aliphatic rings. The van der Waals surface area contributed by atoms with Gasteiger partial charge in [-0.1, -0.05) is 19.9 Å². The van der Waals surface area contributed by atoms with Gasteiger partial charge in [0.15, 0.2) is 0 Å². The van der Waals surface area contributed by atoms with Gasteiger partial charge in [-0.05, 0) is 12.3 Å². The maximum Gasteiger partial charge on any atom is 0.221 e. The van der Waals surface area contributed by atoms with Crippen molar-refractivity contribution in [1.82, 2.24) is 0 Å². The summed E-state index contributed by atoms with van der Waals surface area (Å²) in [5.74, 6) is 0.301. The Morgan fingerprint density at radius 3 is 2.30 bits per heavy atom. The van der Waals surface area contributed by atoms with Crippen LogP contribution in [0.3, 0.4) is 0 Å². The van der Waals surface area contributed by atoms with Crippen molar-refractivity contribution in [3.8, 4) is 0 Å². The Labute approximate surface area is 62.1 Å². The molecule has 1 aliphatic carbocycles. The number of nitrogens with two attached hydrogens (primary N) is 1. The molecule has 2 atom stereocenters. The highest BCUT2D eigenvalue weighted by molar-refractivity contribution is 5.80. The fourth-order valence-electron chi connectivity index (χ4n) is 0.802. The summed E-state index contributed by atoms with van der Waals surface area (Å²) >= 11 is 0. The van der Waals surface area contributed by atoms with Crippen LogP contribution in [0.15, 0.2) is 12.7 Å². The van der Waals surface area contributed by atoms with Gasteiger partial charge in [0.2, 0.25) is 5.91 Å². The summed E-state index contributed by atoms with van der Waals surface area (Å²) in [6.45, 7) is 7.55. The van der Waals surface area contributed by atoms with Gasteiger partial charge in [-0.15, -0.1) is 6.58 Å². The van der Waals surface area contributed by atoms with E-state index in [0.29, 0.717) is 5.92 Å². The van der Waals surface area contributed by atoms with Crippen LogP contribution in [0.4, 0.5) is 0 Å². The monoisotopic (exact) mass is 141 g/mol. The molecule has 0 aromatic carbocycles. The second kappa shape index (κ2) is 4.09. The third-order valence-corrected chi connectivity index (χ3v) is 1.51. The normalized spacial score (nSPS) is 27.8. The Bertz CT molecular complexity index is 131. The summed E-state index contributed by atoms with van der Waals surface area (Å²) in [6, 6.07) is 0. The van der Waals surface area contributed by atoms with E-state index in [9.17, 15) is 4.79 Å². The standard InChI is InChI=1S/C6H9NO.C2H6/c1-2-4-3-5(4)6(7)8;1-2/h2,4-5H,1,3H2,(H2,7,8);1-2H3. The van der Waals surface area contributed by atoms with Gasteiger partial charge in [-0.25, -0.2) is 0 Å². The zero-order valence-corrected chi connectivity index (χ0v) is 6.63. The minimum Gasteiger partial charge on any atom is -0.369 e. The molecule has 2 unspecified atom stereocenters. The molecule has 1 fully saturated rings. The number of hydrogen-bond acceptors (Lipinski definition) is 1. The SMILES string of the molecule is C=CC1CC1C(N)=O.CC. The fraction of sp³-hybridized carbons (Fsp3) is 0.625. The van der Waals surface area contributed by atoms with Crippen molar-refractivity contribution in [1.29, 1.82) is 0 Å². The van der Waals surface area contributed by atoms with Crippen LogP contribution in [0.2, 0.25) is 0 Å². The van der Waals surface area contributed by atoms with E-state index >= 15 is 0 Å². The average molecular weight is 141 g/mol. The second-order valence-corrected chi connectivity index (χ2v) is 2.14. The highest BCUT2D eigenvalue weighted by Crippen LogP contribution is 2.38. The summed E-state index contributed by atoms with van der Waals surface area (Å²) < 4.78 is 0. The van der Waals surface area contributed by atoms with Crippen LogP contribution in [-0.4, -0.2) is 5.91 Å². The van der Waals surface area contributed by atoms with Gasteiger partial charge >= 0.3 is 0 Å². The zero-order valence-electron chi connectivity index (χ0n) is 6.63. The number of hydrogen-bond donors (Lipinski definition) is 1. The van der Waals surface area contributed by atoms with E-state index < -0.39 is 0 Å². The number of primary amides is 1. The minimum absolute atomic E-state index is 0.104. The molecular weight excluding hydrogens is 126 g/mol. The Morgan fingerprint density at radius 2 is 2.20 bits per heavy atom. The van der Waals surface area contributed by atoms with E-state index in [1.807, 2.05) is 13.8 Å². The van der Waals surface area contributed by atoms with Crippen molar-refractivity contribution < 1.29 is 4.79 Å². The number of carbonyl (C=O) groups excluding carboxylic acids is 1. The molecule has 58 valence electrons. The number of allylic oxidation sites excluding steroid dienone is 1. The molecule has 2 nitrogen and oxygen atoms in total. The molecule has 0 spiro atoms. The van der Waals surface area contributed by atoms with Gasteiger partial charge in [-0.3, -0.25) is 4.79 Å². The van der Waals surface area contributed by atoms with Crippen LogP contribution in [0.5, 0.6) is 0 Å². The van der Waals surface area contributed by atoms with Crippen LogP contribution in [-0.2, 0) is 4.79 Å². The second-order valence-electron chi connectivity index (χ2n) is 2.14. The first-order valence-electron chi connectivity index (χ1n) is 3.67. The molecule has 0 saturated heterocycles. The van der Waals surface area contributed by atoms with Crippen LogP contribution in [0.25, 0.3) is 0 Å². The average Bonchev–Trinajstić information content (AvgIpc) is 2.70. The quantitative estimate of drug-likeness (QED) is 0.579. The predicted octanol–water partition coefficient (Wildman–Crippen LogP) is 1.32. The van der Waals surface area contributed by atoms with E-state index in [2.05, 4.69) is 6.58 Å². The first-order chi connectivity index (χ1) is 4.75. The van der Waals surface area contributed by atoms with Crippen molar-refractivity contribution in [2.45, 2.75) is 20.3 Å². The predicted molar refractivity (Wildman–Crippen MR) is 42.3 cm³/mol. The summed E-state index contributed by atoms with van der Waals surface area (Å²) in [5, 5.41) is 0. The topological polar surface area (TPSA) is 43.1 Å². The first-order valence-corrected chi connectivity index (χ1v) is 3.67. The van der Waals surface area contributed by atoms with Gasteiger partial charge < -0.3 is 5.73 Å². The Balaban J connectivity index is 0.000000371. The van der Waals surface area contributed by atoms with E-state index in [1.54, 1.807) is 6.08 Å². The molecule has 0 aliphatic heterocycles. The molecule has 2 heteroatoms. The molecule has 0 bridgehead atoms. The van der Waals surface area contributed by atoms with Crippen molar-refractivity contribution in [2.24, 2.45) is 17.6 Å². The van der Waals surface area contributed by atoms with Gasteiger partial charge in [0, 0.05) is 5.92 Å². The van der Waals surface area contributed by atoms with Crippen LogP contribution in [0, 0.1) is 11.8 Å². The van der Waals surface area contributed by atoms with Crippen LogP contribution in [0.1, 0.15) is 20.3 Å². The third kappa shape index (κ3) is 2.21. The van der Waals surface area contributed by atoms with Crippen molar-refractivity contribution >= 4 is 5.91 Å². The molecular formula is C8H15NO. The summed E-state index contributed by atoms with van der Waals surface area (Å²) in [4.78, 5) is 10.3. The van der Waals surface area contributed by atoms with Gasteiger partial charge in [-0.2, -0.15) is 0 Å². The van der Waals surface area contributed by atoms with E-state index in [4.69, 9.17) is 5.73 Å². The van der Waals surface area contributed by atoms with Crippen LogP contribution >= 0.6 is 0 Å². The molecule has 10 heavy (non-hydrogen) atoms. The maximum absolute atomic E-state index is 10.3. The molecule has 2 N–H and O–H groups in total. The number of rotatable bonds is 2. The number of carbonyl (C=O) groups is 1. The molecule has 1 amide bonds. The molecule has 0 aromatic rings. The van der Waals surface area contributed by atoms with Gasteiger partial charge in [0.05, 0.1) is 0 Å². The lowest BCUT2D eigenvalue weighted by molar-refractivity contribution is -0.119. The van der Waals surface area contributed by atoms with Crippen molar-refractivity contribution in [2.75, 3.05) is 0 Å². The number of amides is 1. The molecule has 1 saturated carbocycles. The largest absolute Gasteiger partial charge is 0.369 e. The van der Waals surface area contributed by atoms with Crippen LogP contribution < -0.4 is 5.73 Å². The van der Waals surface area contributed by atoms with Gasteiger partial charge in [0.1, 0.15) is 0 Å². The van der Waals surface area contributed by atoms with Crippen molar-refractivity contribution in [3.05, 3.63) is 12.7 Å². The zero-order chi connectivity index (χ0) is 8.15. The summed E-state index contributed by atoms with van der Waals surface area (Å²) in [7, 11) is 0. The van der Waals surface area contributed by atoms with E-state index in [1.165, 1.54) is 0 Å². The van der Waals surface area contributed by atoms with E-state index in [0.717, 1.165) is 6.42 Å². The lowest BCUT2D eigenvalue weighted by atomic mass is 10.3. The van der Waals surface area contributed by atoms with Gasteiger partial charge in [0.25, 0.3) is 0 Å². The molecule has 0 aromatic heterocycles. The fourth-order valence-corrected chi connectivity index (χ4v) is 0.802. The minimum atomic E-state index is -0.185. The smallest absolute Gasteiger partial charge is 0.221 e. The first kappa shape index (κ1) is 9.21. The molecule has 1 rings (SSSR count).